The number of esters is 1. The van der Waals surface area contributed by atoms with Crippen LogP contribution in [0.1, 0.15) is 124 Å². The van der Waals surface area contributed by atoms with Crippen LogP contribution in [0.2, 0.25) is 0 Å². The molecule has 1 aliphatic heterocycles. The molecule has 3 fully saturated rings. The van der Waals surface area contributed by atoms with E-state index in [-0.39, 0.29) is 27.0 Å². The van der Waals surface area contributed by atoms with Gasteiger partial charge in [0.25, 0.3) is 0 Å². The summed E-state index contributed by atoms with van der Waals surface area (Å²) in [5.41, 5.74) is 0.403. The van der Waals surface area contributed by atoms with Crippen molar-refractivity contribution in [3.8, 4) is 0 Å². The van der Waals surface area contributed by atoms with Crippen LogP contribution < -0.4 is 0 Å². The summed E-state index contributed by atoms with van der Waals surface area (Å²) >= 11 is 1.85. The number of carbonyl (C=O) groups excluding carboxylic acids is 1. The maximum Gasteiger partial charge on any atom is 0.320 e. The highest BCUT2D eigenvalue weighted by molar-refractivity contribution is 8.02. The second kappa shape index (κ2) is 10.5. The number of fused-ring (bicyclic) bond motifs is 3. The Kier molecular flexibility index (Phi) is 8.43. The standard InChI is InChI=1S/C27H46O2S/c1-5-6-7-8-9-10-11-12-13-14-15-16-17-18-23-24(28)29-27(30-23)21-22-19-20-26(27,4)25(22,2)3/h16-17,22-23H,5-15,18-21H2,1-4H3/b17-16+/t22-,23-,26-,27+/m0/s1. The Hall–Kier alpha value is -0.440. The number of hydrogen-bond acceptors (Lipinski definition) is 3. The van der Waals surface area contributed by atoms with E-state index in [0.29, 0.717) is 5.92 Å². The van der Waals surface area contributed by atoms with E-state index in [0.717, 1.165) is 19.3 Å². The first-order valence-electron chi connectivity index (χ1n) is 12.9. The zero-order chi connectivity index (χ0) is 21.7. The Morgan fingerprint density at radius 1 is 0.967 bits per heavy atom. The molecule has 0 unspecified atom stereocenters. The lowest BCUT2D eigenvalue weighted by Gasteiger charge is -2.44. The van der Waals surface area contributed by atoms with Crippen molar-refractivity contribution in [3.63, 3.8) is 0 Å². The Morgan fingerprint density at radius 2 is 1.60 bits per heavy atom. The van der Waals surface area contributed by atoms with Crippen LogP contribution >= 0.6 is 11.8 Å². The van der Waals surface area contributed by atoms with E-state index < -0.39 is 0 Å². The summed E-state index contributed by atoms with van der Waals surface area (Å²) in [5, 5.41) is 0.000864. The fourth-order valence-corrected chi connectivity index (χ4v) is 8.14. The largest absolute Gasteiger partial charge is 0.446 e. The van der Waals surface area contributed by atoms with Gasteiger partial charge in [-0.1, -0.05) is 109 Å². The Morgan fingerprint density at radius 3 is 2.17 bits per heavy atom. The number of hydrogen-bond donors (Lipinski definition) is 0. The molecule has 3 aliphatic rings. The lowest BCUT2D eigenvalue weighted by atomic mass is 9.69. The number of rotatable bonds is 13. The summed E-state index contributed by atoms with van der Waals surface area (Å²) in [4.78, 5) is 12.4. The number of ether oxygens (including phenoxy) is 1. The average molecular weight is 435 g/mol. The number of allylic oxidation sites excluding steroid dienone is 2. The predicted molar refractivity (Wildman–Crippen MR) is 130 cm³/mol. The maximum atomic E-state index is 12.6. The van der Waals surface area contributed by atoms with Gasteiger partial charge in [-0.3, -0.25) is 4.79 Å². The van der Waals surface area contributed by atoms with Gasteiger partial charge in [-0.2, -0.15) is 0 Å². The van der Waals surface area contributed by atoms with Gasteiger partial charge in [0.05, 0.1) is 0 Å². The van der Waals surface area contributed by atoms with Crippen LogP contribution in [0.25, 0.3) is 0 Å². The molecule has 3 rings (SSSR count). The van der Waals surface area contributed by atoms with Gasteiger partial charge in [0.2, 0.25) is 0 Å². The molecular formula is C27H46O2S. The van der Waals surface area contributed by atoms with Crippen molar-refractivity contribution in [1.29, 1.82) is 0 Å². The van der Waals surface area contributed by atoms with E-state index >= 15 is 0 Å². The summed E-state index contributed by atoms with van der Waals surface area (Å²) in [7, 11) is 0. The van der Waals surface area contributed by atoms with Crippen LogP contribution in [0, 0.1) is 16.7 Å². The highest BCUT2D eigenvalue weighted by Crippen LogP contribution is 2.75. The zero-order valence-electron chi connectivity index (χ0n) is 20.1. The Bertz CT molecular complexity index is 598. The smallest absolute Gasteiger partial charge is 0.320 e. The van der Waals surface area contributed by atoms with Crippen LogP contribution in [0.4, 0.5) is 0 Å². The first-order valence-corrected chi connectivity index (χ1v) is 13.8. The topological polar surface area (TPSA) is 26.3 Å². The van der Waals surface area contributed by atoms with Crippen molar-refractivity contribution in [2.75, 3.05) is 0 Å². The Labute approximate surface area is 190 Å². The lowest BCUT2D eigenvalue weighted by Crippen LogP contribution is -2.44. The van der Waals surface area contributed by atoms with Gasteiger partial charge >= 0.3 is 5.97 Å². The molecule has 0 aromatic carbocycles. The van der Waals surface area contributed by atoms with E-state index in [1.807, 2.05) is 11.8 Å². The second-order valence-corrected chi connectivity index (χ2v) is 12.4. The van der Waals surface area contributed by atoms with Gasteiger partial charge in [-0.05, 0) is 43.4 Å². The van der Waals surface area contributed by atoms with Crippen molar-refractivity contribution in [2.45, 2.75) is 134 Å². The summed E-state index contributed by atoms with van der Waals surface area (Å²) in [6.07, 6.45) is 23.9. The normalized spacial score (nSPS) is 34.5. The van der Waals surface area contributed by atoms with E-state index in [1.54, 1.807) is 0 Å². The third-order valence-corrected chi connectivity index (χ3v) is 10.6. The summed E-state index contributed by atoms with van der Waals surface area (Å²) in [5.74, 6) is 0.738. The SMILES string of the molecule is CCCCCCCCCCCC/C=C/C[C@@H]1S[C@@]2(C[C@@H]3CC[C@@]2(C)C3(C)C)OC1=O. The third-order valence-electron chi connectivity index (χ3n) is 8.89. The van der Waals surface area contributed by atoms with E-state index in [1.165, 1.54) is 77.0 Å². The van der Waals surface area contributed by atoms with Crippen LogP contribution in [0.15, 0.2) is 12.2 Å². The average Bonchev–Trinajstić information content (AvgIpc) is 3.20. The first-order chi connectivity index (χ1) is 14.4. The van der Waals surface area contributed by atoms with Crippen LogP contribution in [0.5, 0.6) is 0 Å². The number of unbranched alkanes of at least 4 members (excludes halogenated alkanes) is 10. The molecule has 0 N–H and O–H groups in total. The third kappa shape index (κ3) is 4.81. The van der Waals surface area contributed by atoms with Crippen LogP contribution in [0.3, 0.4) is 0 Å². The molecule has 1 heterocycles. The molecule has 2 bridgehead atoms. The second-order valence-electron chi connectivity index (χ2n) is 11.0. The molecule has 2 nitrogen and oxygen atoms in total. The Balaban J connectivity index is 1.29. The van der Waals surface area contributed by atoms with Crippen molar-refractivity contribution >= 4 is 17.7 Å². The predicted octanol–water partition coefficient (Wildman–Crippen LogP) is 8.44. The minimum Gasteiger partial charge on any atom is -0.446 e. The number of carbonyl (C=O) groups is 1. The molecule has 0 radical (unpaired) electrons. The van der Waals surface area contributed by atoms with Gasteiger partial charge in [-0.15, -0.1) is 0 Å². The van der Waals surface area contributed by atoms with Crippen molar-refractivity contribution in [1.82, 2.24) is 0 Å². The lowest BCUT2D eigenvalue weighted by molar-refractivity contribution is -0.156. The van der Waals surface area contributed by atoms with Crippen molar-refractivity contribution in [2.24, 2.45) is 16.7 Å². The molecule has 1 saturated heterocycles. The molecule has 0 aromatic rings. The molecule has 172 valence electrons. The molecule has 2 aliphatic carbocycles. The zero-order valence-corrected chi connectivity index (χ0v) is 21.0. The van der Waals surface area contributed by atoms with Gasteiger partial charge in [0.1, 0.15) is 5.25 Å². The minimum absolute atomic E-state index is 0.000864. The van der Waals surface area contributed by atoms with Gasteiger partial charge in [0, 0.05) is 11.8 Å². The van der Waals surface area contributed by atoms with E-state index in [4.69, 9.17) is 4.74 Å². The molecule has 1 spiro atoms. The van der Waals surface area contributed by atoms with Gasteiger partial charge in [0.15, 0.2) is 4.93 Å². The number of thioether (sulfide) groups is 1. The summed E-state index contributed by atoms with van der Waals surface area (Å²) in [6.45, 7) is 9.45. The molecule has 4 atom stereocenters. The van der Waals surface area contributed by atoms with Gasteiger partial charge in [-0.25, -0.2) is 0 Å². The van der Waals surface area contributed by atoms with E-state index in [2.05, 4.69) is 39.8 Å². The molecule has 3 heteroatoms. The van der Waals surface area contributed by atoms with Crippen molar-refractivity contribution < 1.29 is 9.53 Å². The summed E-state index contributed by atoms with van der Waals surface area (Å²) < 4.78 is 6.15. The molecule has 2 saturated carbocycles. The van der Waals surface area contributed by atoms with Gasteiger partial charge < -0.3 is 4.74 Å². The fraction of sp³-hybridized carbons (Fsp3) is 0.889. The first kappa shape index (κ1) is 24.2. The van der Waals surface area contributed by atoms with E-state index in [9.17, 15) is 4.79 Å². The quantitative estimate of drug-likeness (QED) is 0.165. The van der Waals surface area contributed by atoms with Crippen LogP contribution in [-0.4, -0.2) is 16.2 Å². The highest BCUT2D eigenvalue weighted by atomic mass is 32.2. The van der Waals surface area contributed by atoms with Crippen LogP contribution in [-0.2, 0) is 9.53 Å². The monoisotopic (exact) mass is 434 g/mol. The molecular weight excluding hydrogens is 388 g/mol. The molecule has 0 aromatic heterocycles. The maximum absolute atomic E-state index is 12.6. The molecule has 30 heavy (non-hydrogen) atoms. The highest BCUT2D eigenvalue weighted by Gasteiger charge is 2.73. The minimum atomic E-state index is -0.258. The van der Waals surface area contributed by atoms with Crippen molar-refractivity contribution in [3.05, 3.63) is 12.2 Å². The molecule has 0 amide bonds. The fourth-order valence-electron chi connectivity index (χ4n) is 6.28. The summed E-state index contributed by atoms with van der Waals surface area (Å²) in [6, 6.07) is 0.